The summed E-state index contributed by atoms with van der Waals surface area (Å²) in [7, 11) is 0. The summed E-state index contributed by atoms with van der Waals surface area (Å²) in [4.78, 5) is 0. The van der Waals surface area contributed by atoms with Crippen LogP contribution in [-0.4, -0.2) is 19.5 Å². The monoisotopic (exact) mass is 241 g/mol. The summed E-state index contributed by atoms with van der Waals surface area (Å²) in [5.74, 6) is 0. The normalized spacial score (nSPS) is 15.9. The lowest BCUT2D eigenvalue weighted by atomic mass is 10.1. The predicted molar refractivity (Wildman–Crippen MR) is 66.2 cm³/mol. The van der Waals surface area contributed by atoms with Crippen LogP contribution < -0.4 is 4.72 Å². The molecular weight excluding hydrogens is 222 g/mol. The second kappa shape index (κ2) is 5.12. The van der Waals surface area contributed by atoms with Crippen LogP contribution in [0.1, 0.15) is 44.9 Å². The van der Waals surface area contributed by atoms with Crippen molar-refractivity contribution in [1.82, 2.24) is 14.9 Å². The van der Waals surface area contributed by atoms with E-state index in [1.54, 1.807) is 12.4 Å². The number of aryl methyl sites for hydroxylation is 1. The highest BCUT2D eigenvalue weighted by Crippen LogP contribution is 2.20. The van der Waals surface area contributed by atoms with E-state index < -0.39 is 11.4 Å². The molecular formula is C11H19N3OS. The van der Waals surface area contributed by atoms with E-state index in [9.17, 15) is 4.55 Å². The van der Waals surface area contributed by atoms with Crippen LogP contribution in [-0.2, 0) is 11.4 Å². The highest BCUT2D eigenvalue weighted by Gasteiger charge is 2.28. The van der Waals surface area contributed by atoms with Gasteiger partial charge in [0.15, 0.2) is 0 Å². The predicted octanol–water partition coefficient (Wildman–Crippen LogP) is 1.90. The largest absolute Gasteiger partial charge is 0.598 e. The molecule has 0 aliphatic heterocycles. The van der Waals surface area contributed by atoms with E-state index in [1.165, 1.54) is 0 Å². The molecule has 0 spiro atoms. The average molecular weight is 241 g/mol. The first-order valence-electron chi connectivity index (χ1n) is 5.27. The number of hydrogen-bond acceptors (Lipinski definition) is 4. The van der Waals surface area contributed by atoms with Crippen molar-refractivity contribution in [2.45, 2.75) is 45.4 Å². The first kappa shape index (κ1) is 13.4. The molecule has 0 aliphatic carbocycles. The maximum absolute atomic E-state index is 11.9. The van der Waals surface area contributed by atoms with Crippen molar-refractivity contribution in [1.29, 1.82) is 0 Å². The highest BCUT2D eigenvalue weighted by atomic mass is 32.2. The highest BCUT2D eigenvalue weighted by molar-refractivity contribution is 7.90. The van der Waals surface area contributed by atoms with Gasteiger partial charge in [0, 0.05) is 11.4 Å². The van der Waals surface area contributed by atoms with Crippen molar-refractivity contribution >= 4 is 11.4 Å². The topological polar surface area (TPSA) is 60.9 Å². The minimum absolute atomic E-state index is 0.00978. The molecule has 16 heavy (non-hydrogen) atoms. The Bertz CT molecular complexity index is 351. The summed E-state index contributed by atoms with van der Waals surface area (Å²) in [5.41, 5.74) is 2.09. The summed E-state index contributed by atoms with van der Waals surface area (Å²) < 4.78 is 14.7. The van der Waals surface area contributed by atoms with Crippen LogP contribution in [0.3, 0.4) is 0 Å². The molecule has 90 valence electrons. The van der Waals surface area contributed by atoms with Gasteiger partial charge < -0.3 is 4.55 Å². The molecule has 0 fully saturated rings. The van der Waals surface area contributed by atoms with Gasteiger partial charge in [-0.2, -0.15) is 10.2 Å². The Balaban J connectivity index is 2.73. The fourth-order valence-corrected chi connectivity index (χ4v) is 2.05. The Labute approximate surface area is 100 Å². The molecule has 0 aromatic carbocycles. The van der Waals surface area contributed by atoms with Crippen molar-refractivity contribution in [3.63, 3.8) is 0 Å². The van der Waals surface area contributed by atoms with Crippen LogP contribution in [0, 0.1) is 6.92 Å². The van der Waals surface area contributed by atoms with E-state index in [2.05, 4.69) is 14.9 Å². The lowest BCUT2D eigenvalue weighted by molar-refractivity contribution is 0.530. The number of nitrogens with zero attached hydrogens (tertiary/aromatic N) is 2. The van der Waals surface area contributed by atoms with E-state index in [1.807, 2.05) is 34.6 Å². The van der Waals surface area contributed by atoms with Gasteiger partial charge in [0.25, 0.3) is 0 Å². The Morgan fingerprint density at radius 2 is 1.88 bits per heavy atom. The molecule has 0 aliphatic rings. The van der Waals surface area contributed by atoms with Gasteiger partial charge in [-0.1, -0.05) is 0 Å². The second-order valence-corrected chi connectivity index (χ2v) is 6.85. The van der Waals surface area contributed by atoms with Crippen LogP contribution >= 0.6 is 0 Å². The minimum Gasteiger partial charge on any atom is -0.598 e. The van der Waals surface area contributed by atoms with Crippen molar-refractivity contribution in [2.24, 2.45) is 0 Å². The third-order valence-corrected chi connectivity index (χ3v) is 3.96. The first-order valence-corrected chi connectivity index (χ1v) is 6.42. The lowest BCUT2D eigenvalue weighted by Gasteiger charge is -2.26. The fourth-order valence-electron chi connectivity index (χ4n) is 1.25. The minimum atomic E-state index is -1.07. The number of rotatable bonds is 3. The summed E-state index contributed by atoms with van der Waals surface area (Å²) in [6.07, 6.45) is 3.43. The molecule has 5 heteroatoms. The zero-order valence-corrected chi connectivity index (χ0v) is 11.3. The molecule has 0 saturated heterocycles. The van der Waals surface area contributed by atoms with E-state index >= 15 is 0 Å². The fraction of sp³-hybridized carbons (Fsp3) is 0.636. The molecule has 0 radical (unpaired) electrons. The van der Waals surface area contributed by atoms with Crippen LogP contribution in [0.4, 0.5) is 0 Å². The molecule has 0 amide bonds. The summed E-state index contributed by atoms with van der Waals surface area (Å²) in [5, 5.41) is 7.65. The Morgan fingerprint density at radius 1 is 1.31 bits per heavy atom. The van der Waals surface area contributed by atoms with Gasteiger partial charge in [0.2, 0.25) is 0 Å². The molecule has 1 N–H and O–H groups in total. The summed E-state index contributed by atoms with van der Waals surface area (Å²) in [6, 6.07) is 0.00978. The first-order chi connectivity index (χ1) is 7.32. The maximum atomic E-state index is 11.9. The Kier molecular flexibility index (Phi) is 4.29. The quantitative estimate of drug-likeness (QED) is 0.821. The van der Waals surface area contributed by atoms with E-state index in [0.717, 1.165) is 11.1 Å². The lowest BCUT2D eigenvalue weighted by Crippen LogP contribution is -2.40. The molecule has 0 saturated carbocycles. The van der Waals surface area contributed by atoms with Gasteiger partial charge >= 0.3 is 0 Å². The molecule has 2 unspecified atom stereocenters. The molecule has 0 bridgehead atoms. The molecule has 1 heterocycles. The van der Waals surface area contributed by atoms with E-state index in [4.69, 9.17) is 0 Å². The molecule has 1 aromatic heterocycles. The third kappa shape index (κ3) is 3.43. The molecule has 2 atom stereocenters. The van der Waals surface area contributed by atoms with Gasteiger partial charge in [-0.15, -0.1) is 4.72 Å². The van der Waals surface area contributed by atoms with Gasteiger partial charge in [-0.25, -0.2) is 0 Å². The smallest absolute Gasteiger partial charge is 0.136 e. The summed E-state index contributed by atoms with van der Waals surface area (Å²) in [6.45, 7) is 9.79. The zero-order valence-electron chi connectivity index (χ0n) is 10.4. The van der Waals surface area contributed by atoms with Gasteiger partial charge in [-0.05, 0) is 45.7 Å². The van der Waals surface area contributed by atoms with Gasteiger partial charge in [0.05, 0.1) is 18.4 Å². The molecule has 1 rings (SSSR count). The Morgan fingerprint density at radius 3 is 2.38 bits per heavy atom. The number of hydrogen-bond donors (Lipinski definition) is 1. The van der Waals surface area contributed by atoms with Crippen molar-refractivity contribution in [2.75, 3.05) is 0 Å². The van der Waals surface area contributed by atoms with Gasteiger partial charge in [-0.3, -0.25) is 0 Å². The SMILES string of the molecule is Cc1cnncc1C(C)N[S+]([O-])C(C)(C)C. The van der Waals surface area contributed by atoms with Crippen molar-refractivity contribution in [3.05, 3.63) is 23.5 Å². The van der Waals surface area contributed by atoms with E-state index in [-0.39, 0.29) is 10.8 Å². The molecule has 1 aromatic rings. The second-order valence-electron chi connectivity index (χ2n) is 4.85. The van der Waals surface area contributed by atoms with Crippen LogP contribution in [0.25, 0.3) is 0 Å². The summed E-state index contributed by atoms with van der Waals surface area (Å²) >= 11 is -1.07. The van der Waals surface area contributed by atoms with Crippen molar-refractivity contribution in [3.8, 4) is 0 Å². The van der Waals surface area contributed by atoms with Crippen LogP contribution in [0.5, 0.6) is 0 Å². The number of aromatic nitrogens is 2. The average Bonchev–Trinajstić information content (AvgIpc) is 2.16. The Hall–Kier alpha value is -0.650. The van der Waals surface area contributed by atoms with Crippen LogP contribution in [0.2, 0.25) is 0 Å². The van der Waals surface area contributed by atoms with Crippen molar-refractivity contribution < 1.29 is 4.55 Å². The third-order valence-electron chi connectivity index (χ3n) is 2.28. The number of nitrogens with one attached hydrogen (secondary N) is 1. The zero-order chi connectivity index (χ0) is 12.3. The standard InChI is InChI=1S/C11H19N3OS/c1-8-6-12-13-7-10(8)9(2)14-16(15)11(3,4)5/h6-7,9,14H,1-5H3. The maximum Gasteiger partial charge on any atom is 0.136 e. The van der Waals surface area contributed by atoms with Gasteiger partial charge in [0.1, 0.15) is 4.75 Å². The van der Waals surface area contributed by atoms with E-state index in [0.29, 0.717) is 0 Å². The van der Waals surface area contributed by atoms with Crippen LogP contribution in [0.15, 0.2) is 12.4 Å². The molecule has 4 nitrogen and oxygen atoms in total.